The molecule has 13 nitrogen and oxygen atoms in total. The van der Waals surface area contributed by atoms with E-state index in [1.54, 1.807) is 36.4 Å². The van der Waals surface area contributed by atoms with Crippen LogP contribution in [0.5, 0.6) is 5.75 Å². The minimum Gasteiger partial charge on any atom is -0.486 e. The summed E-state index contributed by atoms with van der Waals surface area (Å²) in [6.45, 7) is 3.04. The van der Waals surface area contributed by atoms with Crippen LogP contribution in [0.15, 0.2) is 48.5 Å². The molecule has 0 N–H and O–H groups in total. The molecule has 0 unspecified atom stereocenters. The van der Waals surface area contributed by atoms with Gasteiger partial charge in [-0.15, -0.1) is 0 Å². The Morgan fingerprint density at radius 1 is 0.667 bits per heavy atom. The van der Waals surface area contributed by atoms with Crippen molar-refractivity contribution in [2.75, 3.05) is 20.2 Å². The fraction of sp³-hybridized carbons (Fsp3) is 0.310. The summed E-state index contributed by atoms with van der Waals surface area (Å²) in [6, 6.07) is 12.2. The van der Waals surface area contributed by atoms with E-state index < -0.39 is 37.5 Å². The summed E-state index contributed by atoms with van der Waals surface area (Å²) >= 11 is 0. The number of pyridine rings is 3. The summed E-state index contributed by atoms with van der Waals surface area (Å²) in [7, 11) is 0. The SMILES string of the molecule is CCCCC(=O)COc1cc(-c2cccc(C(=O)OCOC(C)=O)n2)nc(-c2cccc(C(=O)OCOC(C)=O)n2)c1. The lowest BCUT2D eigenvalue weighted by atomic mass is 10.1. The normalized spacial score (nSPS) is 10.4. The molecule has 0 saturated carbocycles. The van der Waals surface area contributed by atoms with Gasteiger partial charge in [-0.2, -0.15) is 0 Å². The number of hydrogen-bond acceptors (Lipinski definition) is 13. The molecule has 0 saturated heterocycles. The van der Waals surface area contributed by atoms with Crippen LogP contribution in [0, 0.1) is 0 Å². The predicted molar refractivity (Wildman–Crippen MR) is 145 cm³/mol. The molecule has 0 atom stereocenters. The molecule has 3 heterocycles. The summed E-state index contributed by atoms with van der Waals surface area (Å²) in [5, 5.41) is 0. The smallest absolute Gasteiger partial charge is 0.359 e. The standard InChI is InChI=1S/C29H29N3O10/c1-4-5-8-20(35)15-38-21-13-26(22-9-6-11-24(30-22)28(36)41-16-39-18(2)33)32-27(14-21)23-10-7-12-25(31-23)29(37)42-17-40-19(3)34/h6-7,9-14H,4-5,8,15-17H2,1-3H3. The second-order valence-electron chi connectivity index (χ2n) is 8.69. The molecule has 0 radical (unpaired) electrons. The van der Waals surface area contributed by atoms with Crippen LogP contribution in [0.25, 0.3) is 22.8 Å². The van der Waals surface area contributed by atoms with Crippen LogP contribution in [0.2, 0.25) is 0 Å². The van der Waals surface area contributed by atoms with Crippen molar-refractivity contribution in [1.29, 1.82) is 0 Å². The van der Waals surface area contributed by atoms with Gasteiger partial charge < -0.3 is 23.7 Å². The zero-order valence-corrected chi connectivity index (χ0v) is 23.3. The van der Waals surface area contributed by atoms with Gasteiger partial charge >= 0.3 is 23.9 Å². The van der Waals surface area contributed by atoms with Crippen LogP contribution in [0.1, 0.15) is 61.0 Å². The van der Waals surface area contributed by atoms with Gasteiger partial charge in [0.15, 0.2) is 5.78 Å². The topological polar surface area (TPSA) is 170 Å². The van der Waals surface area contributed by atoms with Gasteiger partial charge in [0, 0.05) is 32.4 Å². The minimum atomic E-state index is -0.825. The molecule has 0 fully saturated rings. The first-order chi connectivity index (χ1) is 20.2. The van der Waals surface area contributed by atoms with Gasteiger partial charge in [-0.25, -0.2) is 24.5 Å². The van der Waals surface area contributed by atoms with Crippen molar-refractivity contribution < 1.29 is 47.7 Å². The molecule has 220 valence electrons. The average molecular weight is 580 g/mol. The van der Waals surface area contributed by atoms with Gasteiger partial charge in [-0.05, 0) is 30.7 Å². The lowest BCUT2D eigenvalue weighted by Gasteiger charge is -2.11. The van der Waals surface area contributed by atoms with Crippen molar-refractivity contribution in [2.45, 2.75) is 40.0 Å². The lowest BCUT2D eigenvalue weighted by molar-refractivity contribution is -0.150. The van der Waals surface area contributed by atoms with Gasteiger partial charge in [-0.3, -0.25) is 14.4 Å². The van der Waals surface area contributed by atoms with Crippen molar-refractivity contribution >= 4 is 29.7 Å². The molecular formula is C29H29N3O10. The number of carbonyl (C=O) groups excluding carboxylic acids is 5. The first-order valence-corrected chi connectivity index (χ1v) is 12.9. The number of unbranched alkanes of at least 4 members (excludes halogenated alkanes) is 1. The number of carbonyl (C=O) groups is 5. The predicted octanol–water partition coefficient (Wildman–Crippen LogP) is 3.70. The zero-order valence-electron chi connectivity index (χ0n) is 23.3. The van der Waals surface area contributed by atoms with Crippen molar-refractivity contribution in [2.24, 2.45) is 0 Å². The number of nitrogens with zero attached hydrogens (tertiary/aromatic N) is 3. The third kappa shape index (κ3) is 9.77. The van der Waals surface area contributed by atoms with Crippen molar-refractivity contribution in [3.05, 3.63) is 59.9 Å². The molecule has 42 heavy (non-hydrogen) atoms. The van der Waals surface area contributed by atoms with Crippen LogP contribution in [-0.4, -0.2) is 64.8 Å². The van der Waals surface area contributed by atoms with Crippen molar-refractivity contribution in [1.82, 2.24) is 15.0 Å². The fourth-order valence-electron chi connectivity index (χ4n) is 3.32. The van der Waals surface area contributed by atoms with E-state index in [1.165, 1.54) is 26.0 Å². The number of ether oxygens (including phenoxy) is 5. The fourth-order valence-corrected chi connectivity index (χ4v) is 3.32. The molecule has 0 aliphatic heterocycles. The van der Waals surface area contributed by atoms with E-state index in [2.05, 4.69) is 24.4 Å². The van der Waals surface area contributed by atoms with Crippen molar-refractivity contribution in [3.8, 4) is 28.5 Å². The van der Waals surface area contributed by atoms with Gasteiger partial charge in [0.2, 0.25) is 13.6 Å². The molecule has 0 spiro atoms. The van der Waals surface area contributed by atoms with Gasteiger partial charge in [0.1, 0.15) is 23.7 Å². The third-order valence-electron chi connectivity index (χ3n) is 5.35. The summed E-state index contributed by atoms with van der Waals surface area (Å²) in [5.74, 6) is -2.68. The van der Waals surface area contributed by atoms with Crippen LogP contribution in [-0.2, 0) is 33.3 Å². The van der Waals surface area contributed by atoms with E-state index in [9.17, 15) is 24.0 Å². The van der Waals surface area contributed by atoms with E-state index in [0.717, 1.165) is 12.8 Å². The summed E-state index contributed by atoms with van der Waals surface area (Å²) < 4.78 is 24.9. The van der Waals surface area contributed by atoms with Crippen LogP contribution >= 0.6 is 0 Å². The van der Waals surface area contributed by atoms with Gasteiger partial charge in [0.05, 0.1) is 22.8 Å². The number of rotatable bonds is 14. The van der Waals surface area contributed by atoms with Gasteiger partial charge in [-0.1, -0.05) is 25.5 Å². The molecule has 0 bridgehead atoms. The Labute approximate surface area is 241 Å². The van der Waals surface area contributed by atoms with Gasteiger partial charge in [0.25, 0.3) is 0 Å². The van der Waals surface area contributed by atoms with Crippen LogP contribution in [0.3, 0.4) is 0 Å². The van der Waals surface area contributed by atoms with Crippen LogP contribution in [0.4, 0.5) is 0 Å². The highest BCUT2D eigenvalue weighted by Gasteiger charge is 2.17. The maximum absolute atomic E-state index is 12.4. The Kier molecular flexibility index (Phi) is 11.6. The zero-order chi connectivity index (χ0) is 30.5. The maximum Gasteiger partial charge on any atom is 0.359 e. The molecular weight excluding hydrogens is 550 g/mol. The van der Waals surface area contributed by atoms with Crippen LogP contribution < -0.4 is 4.74 Å². The molecule has 0 amide bonds. The molecule has 3 aromatic heterocycles. The first kappa shape index (κ1) is 31.3. The summed E-state index contributed by atoms with van der Waals surface area (Å²) in [4.78, 5) is 72.1. The number of aromatic nitrogens is 3. The maximum atomic E-state index is 12.4. The largest absolute Gasteiger partial charge is 0.486 e. The van der Waals surface area contributed by atoms with E-state index >= 15 is 0 Å². The lowest BCUT2D eigenvalue weighted by Crippen LogP contribution is -2.13. The molecule has 0 aliphatic rings. The van der Waals surface area contributed by atoms with E-state index in [4.69, 9.17) is 14.2 Å². The third-order valence-corrected chi connectivity index (χ3v) is 5.35. The number of esters is 4. The second kappa shape index (κ2) is 15.6. The minimum absolute atomic E-state index is 0.0697. The van der Waals surface area contributed by atoms with E-state index in [0.29, 0.717) is 6.42 Å². The quantitative estimate of drug-likeness (QED) is 0.200. The second-order valence-corrected chi connectivity index (χ2v) is 8.69. The number of hydrogen-bond donors (Lipinski definition) is 0. The Balaban J connectivity index is 1.94. The highest BCUT2D eigenvalue weighted by atomic mass is 16.7. The Hall–Kier alpha value is -5.20. The Morgan fingerprint density at radius 3 is 1.62 bits per heavy atom. The highest BCUT2D eigenvalue weighted by Crippen LogP contribution is 2.27. The number of ketones is 1. The van der Waals surface area contributed by atoms with E-state index in [1.807, 2.05) is 6.92 Å². The summed E-state index contributed by atoms with van der Waals surface area (Å²) in [6.07, 6.45) is 1.98. The summed E-state index contributed by atoms with van der Waals surface area (Å²) in [5.41, 5.74) is 0.917. The molecule has 13 heteroatoms. The molecule has 0 aromatic carbocycles. The molecule has 3 aromatic rings. The Bertz CT molecular complexity index is 1360. The molecule has 3 rings (SSSR count). The van der Waals surface area contributed by atoms with Crippen molar-refractivity contribution in [3.63, 3.8) is 0 Å². The monoisotopic (exact) mass is 579 g/mol. The Morgan fingerprint density at radius 2 is 1.17 bits per heavy atom. The van der Waals surface area contributed by atoms with E-state index in [-0.39, 0.29) is 52.3 Å². The average Bonchev–Trinajstić information content (AvgIpc) is 2.98. The number of Topliss-reactive ketones (excluding diaryl/α,β-unsaturated/α-hetero) is 1. The first-order valence-electron chi connectivity index (χ1n) is 12.9. The highest BCUT2D eigenvalue weighted by molar-refractivity contribution is 5.88. The molecule has 0 aliphatic carbocycles.